The number of aryl methyl sites for hydroxylation is 1. The third-order valence-electron chi connectivity index (χ3n) is 8.33. The van der Waals surface area contributed by atoms with Gasteiger partial charge in [0.1, 0.15) is 11.6 Å². The average molecular weight is 647 g/mol. The molecule has 1 N–H and O–H groups in total. The second-order valence-corrected chi connectivity index (χ2v) is 14.4. The first-order valence-corrected chi connectivity index (χ1v) is 16.6. The number of halogens is 1. The van der Waals surface area contributed by atoms with Crippen LogP contribution in [0.2, 0.25) is 0 Å². The van der Waals surface area contributed by atoms with Crippen LogP contribution in [0.5, 0.6) is 5.75 Å². The van der Waals surface area contributed by atoms with E-state index in [1.165, 1.54) is 12.1 Å². The Morgan fingerprint density at radius 1 is 1.06 bits per heavy atom. The Kier molecular flexibility index (Phi) is 11.9. The number of carboxylic acid groups (broad SMARTS) is 1. The van der Waals surface area contributed by atoms with Gasteiger partial charge in [-0.05, 0) is 101 Å². The highest BCUT2D eigenvalue weighted by Gasteiger charge is 2.36. The van der Waals surface area contributed by atoms with Gasteiger partial charge in [0.2, 0.25) is 0 Å². The zero-order chi connectivity index (χ0) is 34.4. The molecule has 0 bridgehead atoms. The number of piperidine rings is 1. The van der Waals surface area contributed by atoms with Crippen molar-refractivity contribution in [1.29, 1.82) is 0 Å². The molecule has 0 radical (unpaired) electrons. The van der Waals surface area contributed by atoms with Crippen LogP contribution in [0, 0.1) is 18.2 Å². The van der Waals surface area contributed by atoms with Crippen LogP contribution >= 0.6 is 0 Å². The van der Waals surface area contributed by atoms with Crippen molar-refractivity contribution in [3.8, 4) is 16.9 Å². The van der Waals surface area contributed by atoms with Gasteiger partial charge < -0.3 is 24.2 Å². The zero-order valence-electron chi connectivity index (χ0n) is 29.2. The highest BCUT2D eigenvalue weighted by molar-refractivity contribution is 5.90. The van der Waals surface area contributed by atoms with E-state index in [1.54, 1.807) is 12.1 Å². The van der Waals surface area contributed by atoms with E-state index in [0.717, 1.165) is 54.0 Å². The predicted molar refractivity (Wildman–Crippen MR) is 187 cm³/mol. The van der Waals surface area contributed by atoms with Gasteiger partial charge in [-0.1, -0.05) is 44.2 Å². The van der Waals surface area contributed by atoms with Crippen LogP contribution in [-0.2, 0) is 20.7 Å². The zero-order valence-corrected chi connectivity index (χ0v) is 29.2. The first-order chi connectivity index (χ1) is 22.1. The van der Waals surface area contributed by atoms with E-state index in [2.05, 4.69) is 18.7 Å². The molecule has 4 rings (SSSR count). The second-order valence-electron chi connectivity index (χ2n) is 14.4. The molecule has 1 aliphatic heterocycles. The van der Waals surface area contributed by atoms with Gasteiger partial charge in [0.15, 0.2) is 6.10 Å². The maximum atomic E-state index is 13.3. The summed E-state index contributed by atoms with van der Waals surface area (Å²) in [5, 5.41) is 10.6. The molecule has 0 amide bonds. The molecule has 0 spiro atoms. The molecular weight excluding hydrogens is 595 g/mol. The van der Waals surface area contributed by atoms with E-state index in [-0.39, 0.29) is 17.3 Å². The molecule has 7 nitrogen and oxygen atoms in total. The van der Waals surface area contributed by atoms with Crippen LogP contribution in [0.1, 0.15) is 89.9 Å². The Hall–Kier alpha value is -3.75. The monoisotopic (exact) mass is 646 g/mol. The van der Waals surface area contributed by atoms with Crippen molar-refractivity contribution in [2.75, 3.05) is 31.2 Å². The van der Waals surface area contributed by atoms with Gasteiger partial charge in [0.25, 0.3) is 0 Å². The van der Waals surface area contributed by atoms with Gasteiger partial charge in [-0.25, -0.2) is 9.18 Å². The highest BCUT2D eigenvalue weighted by Crippen LogP contribution is 2.45. The summed E-state index contributed by atoms with van der Waals surface area (Å²) < 4.78 is 31.4. The van der Waals surface area contributed by atoms with E-state index >= 15 is 0 Å². The molecule has 2 heterocycles. The van der Waals surface area contributed by atoms with Gasteiger partial charge >= 0.3 is 5.97 Å². The molecule has 8 heteroatoms. The summed E-state index contributed by atoms with van der Waals surface area (Å²) in [5.41, 5.74) is 5.03. The van der Waals surface area contributed by atoms with E-state index in [1.807, 2.05) is 78.0 Å². The lowest BCUT2D eigenvalue weighted by Gasteiger charge is -2.41. The van der Waals surface area contributed by atoms with Gasteiger partial charge in [-0.2, -0.15) is 0 Å². The van der Waals surface area contributed by atoms with Gasteiger partial charge in [-0.3, -0.25) is 4.98 Å². The molecule has 0 unspecified atom stereocenters. The standard InChI is InChI=1S/C39H51FN2O5/c1-26(2)45-24-9-10-32-34(29-13-17-31(18-14-29)46-25-19-28-11-15-30(40)16-12-28)35(42-22-20-39(7,8)21-23-42)33(27(3)41-32)36(37(43)44)47-38(4,5)6/h9-18,26,36H,19-25H2,1-8H3,(H,43,44)/t36-/m0/s1. The molecule has 1 aromatic heterocycles. The minimum atomic E-state index is -1.21. The first-order valence-electron chi connectivity index (χ1n) is 16.6. The summed E-state index contributed by atoms with van der Waals surface area (Å²) in [6, 6.07) is 14.3. The number of carboxylic acids is 1. The summed E-state index contributed by atoms with van der Waals surface area (Å²) in [7, 11) is 0. The quantitative estimate of drug-likeness (QED) is 0.199. The van der Waals surface area contributed by atoms with E-state index < -0.39 is 17.7 Å². The van der Waals surface area contributed by atoms with Crippen LogP contribution in [0.15, 0.2) is 54.6 Å². The first kappa shape index (κ1) is 36.1. The lowest BCUT2D eigenvalue weighted by molar-refractivity contribution is -0.160. The lowest BCUT2D eigenvalue weighted by Crippen LogP contribution is -2.39. The molecule has 3 aromatic rings. The lowest BCUT2D eigenvalue weighted by atomic mass is 9.81. The van der Waals surface area contributed by atoms with Gasteiger partial charge in [0, 0.05) is 36.3 Å². The summed E-state index contributed by atoms with van der Waals surface area (Å²) in [6.45, 7) is 18.5. The number of benzene rings is 2. The van der Waals surface area contributed by atoms with Crippen LogP contribution in [0.3, 0.4) is 0 Å². The fourth-order valence-electron chi connectivity index (χ4n) is 5.76. The summed E-state index contributed by atoms with van der Waals surface area (Å²) in [5.74, 6) is -0.597. The van der Waals surface area contributed by atoms with E-state index in [9.17, 15) is 14.3 Å². The van der Waals surface area contributed by atoms with E-state index in [4.69, 9.17) is 19.2 Å². The Balaban J connectivity index is 1.82. The number of nitrogens with zero attached hydrogens (tertiary/aromatic N) is 2. The van der Waals surface area contributed by atoms with Crippen LogP contribution < -0.4 is 9.64 Å². The minimum absolute atomic E-state index is 0.0879. The summed E-state index contributed by atoms with van der Waals surface area (Å²) in [6.07, 6.45) is 5.41. The minimum Gasteiger partial charge on any atom is -0.493 e. The Morgan fingerprint density at radius 3 is 2.28 bits per heavy atom. The second kappa shape index (κ2) is 15.4. The number of aromatic nitrogens is 1. The molecular formula is C39H51FN2O5. The van der Waals surface area contributed by atoms with Crippen molar-refractivity contribution >= 4 is 17.7 Å². The number of pyridine rings is 1. The third-order valence-corrected chi connectivity index (χ3v) is 8.33. The number of carbonyl (C=O) groups is 1. The molecule has 0 aliphatic carbocycles. The number of aliphatic carboxylic acids is 1. The van der Waals surface area contributed by atoms with Crippen molar-refractivity contribution in [1.82, 2.24) is 4.98 Å². The van der Waals surface area contributed by atoms with Crippen LogP contribution in [-0.4, -0.2) is 54.1 Å². The number of hydrogen-bond donors (Lipinski definition) is 1. The van der Waals surface area contributed by atoms with Gasteiger partial charge in [0.05, 0.1) is 36.3 Å². The SMILES string of the molecule is Cc1nc(C=CCOC(C)C)c(-c2ccc(OCCc3ccc(F)cc3)cc2)c(N2CCC(C)(C)CC2)c1[C@H](OC(C)(C)C)C(=O)O. The molecule has 1 fully saturated rings. The Labute approximate surface area is 279 Å². The summed E-state index contributed by atoms with van der Waals surface area (Å²) in [4.78, 5) is 20.2. The van der Waals surface area contributed by atoms with Gasteiger partial charge in [-0.15, -0.1) is 0 Å². The summed E-state index contributed by atoms with van der Waals surface area (Å²) >= 11 is 0. The molecule has 47 heavy (non-hydrogen) atoms. The van der Waals surface area contributed by atoms with Crippen molar-refractivity contribution in [3.05, 3.63) is 82.9 Å². The maximum Gasteiger partial charge on any atom is 0.337 e. The molecule has 1 atom stereocenters. The highest BCUT2D eigenvalue weighted by atomic mass is 19.1. The van der Waals surface area contributed by atoms with Crippen LogP contribution in [0.4, 0.5) is 10.1 Å². The smallest absolute Gasteiger partial charge is 0.337 e. The topological polar surface area (TPSA) is 81.1 Å². The molecule has 254 valence electrons. The largest absolute Gasteiger partial charge is 0.493 e. The third kappa shape index (κ3) is 10.1. The van der Waals surface area contributed by atoms with Crippen molar-refractivity contribution in [3.63, 3.8) is 0 Å². The fraction of sp³-hybridized carbons (Fsp3) is 0.487. The van der Waals surface area contributed by atoms with Crippen LogP contribution in [0.25, 0.3) is 17.2 Å². The normalized spacial score (nSPS) is 15.7. The fourth-order valence-corrected chi connectivity index (χ4v) is 5.76. The Bertz CT molecular complexity index is 1510. The number of hydrogen-bond acceptors (Lipinski definition) is 6. The van der Waals surface area contributed by atoms with Crippen molar-refractivity contribution in [2.45, 2.75) is 92.5 Å². The number of rotatable bonds is 13. The van der Waals surface area contributed by atoms with Crippen molar-refractivity contribution in [2.24, 2.45) is 5.41 Å². The molecule has 1 saturated heterocycles. The predicted octanol–water partition coefficient (Wildman–Crippen LogP) is 8.82. The molecule has 1 aliphatic rings. The maximum absolute atomic E-state index is 13.3. The molecule has 2 aromatic carbocycles. The average Bonchev–Trinajstić information content (AvgIpc) is 2.99. The Morgan fingerprint density at radius 2 is 1.70 bits per heavy atom. The number of ether oxygens (including phenoxy) is 3. The number of anilines is 1. The van der Waals surface area contributed by atoms with E-state index in [0.29, 0.717) is 36.6 Å². The molecule has 0 saturated carbocycles. The van der Waals surface area contributed by atoms with Crippen molar-refractivity contribution < 1.29 is 28.5 Å².